The Hall–Kier alpha value is -0.120. The highest BCUT2D eigenvalue weighted by atomic mass is 15.2. The van der Waals surface area contributed by atoms with E-state index in [9.17, 15) is 0 Å². The zero-order valence-corrected chi connectivity index (χ0v) is 10.7. The van der Waals surface area contributed by atoms with Gasteiger partial charge in [-0.3, -0.25) is 0 Å². The summed E-state index contributed by atoms with van der Waals surface area (Å²) < 4.78 is 0. The highest BCUT2D eigenvalue weighted by molar-refractivity contribution is 4.80. The molecule has 2 rings (SSSR count). The van der Waals surface area contributed by atoms with Gasteiger partial charge in [0.2, 0.25) is 0 Å². The van der Waals surface area contributed by atoms with Crippen molar-refractivity contribution in [2.75, 3.05) is 32.7 Å². The number of piperidine rings is 1. The first-order valence-corrected chi connectivity index (χ1v) is 6.97. The maximum Gasteiger partial charge on any atom is 0.00816 e. The zero-order chi connectivity index (χ0) is 11.4. The fourth-order valence-corrected chi connectivity index (χ4v) is 3.09. The minimum atomic E-state index is 0.449. The quantitative estimate of drug-likeness (QED) is 0.782. The van der Waals surface area contributed by atoms with Gasteiger partial charge in [-0.2, -0.15) is 0 Å². The molecule has 94 valence electrons. The molecule has 2 aliphatic heterocycles. The SMILES string of the molecule is CC1CC(N)CCN1CCCN1CCCC1. The number of nitrogens with zero attached hydrogens (tertiary/aromatic N) is 2. The molecular formula is C13H27N3. The van der Waals surface area contributed by atoms with E-state index in [0.717, 1.165) is 0 Å². The number of rotatable bonds is 4. The number of hydrogen-bond donors (Lipinski definition) is 1. The van der Waals surface area contributed by atoms with Crippen LogP contribution in [0.3, 0.4) is 0 Å². The molecule has 2 atom stereocenters. The molecule has 0 spiro atoms. The normalized spacial score (nSPS) is 33.4. The Morgan fingerprint density at radius 3 is 2.56 bits per heavy atom. The van der Waals surface area contributed by atoms with Gasteiger partial charge in [0.15, 0.2) is 0 Å². The average molecular weight is 225 g/mol. The molecule has 0 radical (unpaired) electrons. The van der Waals surface area contributed by atoms with E-state index in [-0.39, 0.29) is 0 Å². The second kappa shape index (κ2) is 5.99. The first kappa shape index (κ1) is 12.3. The first-order valence-electron chi connectivity index (χ1n) is 6.97. The van der Waals surface area contributed by atoms with Crippen LogP contribution >= 0.6 is 0 Å². The van der Waals surface area contributed by atoms with Gasteiger partial charge in [0.05, 0.1) is 0 Å². The molecule has 0 amide bonds. The lowest BCUT2D eigenvalue weighted by Crippen LogP contribution is -2.46. The summed E-state index contributed by atoms with van der Waals surface area (Å²) in [4.78, 5) is 5.24. The highest BCUT2D eigenvalue weighted by Gasteiger charge is 2.22. The molecule has 3 nitrogen and oxygen atoms in total. The first-order chi connectivity index (χ1) is 7.75. The van der Waals surface area contributed by atoms with Gasteiger partial charge in [-0.25, -0.2) is 0 Å². The Morgan fingerprint density at radius 1 is 1.12 bits per heavy atom. The Labute approximate surface area is 100.0 Å². The number of likely N-dealkylation sites (tertiary alicyclic amines) is 2. The Kier molecular flexibility index (Phi) is 4.62. The van der Waals surface area contributed by atoms with E-state index < -0.39 is 0 Å². The van der Waals surface area contributed by atoms with Gasteiger partial charge in [0.1, 0.15) is 0 Å². The van der Waals surface area contributed by atoms with Crippen LogP contribution in [0.1, 0.15) is 39.0 Å². The van der Waals surface area contributed by atoms with Gasteiger partial charge in [0, 0.05) is 12.1 Å². The molecule has 0 bridgehead atoms. The molecule has 0 aromatic rings. The molecule has 0 aliphatic carbocycles. The molecule has 2 saturated heterocycles. The number of hydrogen-bond acceptors (Lipinski definition) is 3. The average Bonchev–Trinajstić information content (AvgIpc) is 2.74. The van der Waals surface area contributed by atoms with Crippen molar-refractivity contribution in [3.05, 3.63) is 0 Å². The lowest BCUT2D eigenvalue weighted by Gasteiger charge is -2.36. The predicted molar refractivity (Wildman–Crippen MR) is 68.5 cm³/mol. The molecule has 0 aromatic heterocycles. The maximum absolute atomic E-state index is 5.98. The van der Waals surface area contributed by atoms with Gasteiger partial charge >= 0.3 is 0 Å². The summed E-state index contributed by atoms with van der Waals surface area (Å²) in [6, 6.07) is 1.15. The van der Waals surface area contributed by atoms with Crippen molar-refractivity contribution >= 4 is 0 Å². The fraction of sp³-hybridized carbons (Fsp3) is 1.00. The van der Waals surface area contributed by atoms with Crippen LogP contribution in [0.4, 0.5) is 0 Å². The van der Waals surface area contributed by atoms with Crippen LogP contribution in [0.15, 0.2) is 0 Å². The molecule has 0 saturated carbocycles. The minimum Gasteiger partial charge on any atom is -0.328 e. The molecule has 0 aromatic carbocycles. The zero-order valence-electron chi connectivity index (χ0n) is 10.7. The van der Waals surface area contributed by atoms with Crippen LogP contribution in [-0.4, -0.2) is 54.6 Å². The van der Waals surface area contributed by atoms with E-state index in [1.54, 1.807) is 0 Å². The Bertz CT molecular complexity index is 201. The minimum absolute atomic E-state index is 0.449. The topological polar surface area (TPSA) is 32.5 Å². The third-order valence-electron chi connectivity index (χ3n) is 4.17. The third kappa shape index (κ3) is 3.44. The van der Waals surface area contributed by atoms with Crippen molar-refractivity contribution in [1.29, 1.82) is 0 Å². The van der Waals surface area contributed by atoms with E-state index in [1.165, 1.54) is 64.8 Å². The summed E-state index contributed by atoms with van der Waals surface area (Å²) in [7, 11) is 0. The van der Waals surface area contributed by atoms with Crippen LogP contribution in [-0.2, 0) is 0 Å². The second-order valence-electron chi connectivity index (χ2n) is 5.57. The summed E-state index contributed by atoms with van der Waals surface area (Å²) in [5.41, 5.74) is 5.98. The van der Waals surface area contributed by atoms with Crippen LogP contribution in [0, 0.1) is 0 Å². The fourth-order valence-electron chi connectivity index (χ4n) is 3.09. The Morgan fingerprint density at radius 2 is 1.88 bits per heavy atom. The van der Waals surface area contributed by atoms with Crippen molar-refractivity contribution < 1.29 is 0 Å². The van der Waals surface area contributed by atoms with Crippen LogP contribution in [0.25, 0.3) is 0 Å². The van der Waals surface area contributed by atoms with Gasteiger partial charge in [-0.05, 0) is 71.8 Å². The predicted octanol–water partition coefficient (Wildman–Crippen LogP) is 1.28. The largest absolute Gasteiger partial charge is 0.328 e. The van der Waals surface area contributed by atoms with Crippen molar-refractivity contribution in [3.8, 4) is 0 Å². The second-order valence-corrected chi connectivity index (χ2v) is 5.57. The summed E-state index contributed by atoms with van der Waals surface area (Å²) in [6.07, 6.45) is 6.53. The highest BCUT2D eigenvalue weighted by Crippen LogP contribution is 2.16. The van der Waals surface area contributed by atoms with Crippen molar-refractivity contribution in [1.82, 2.24) is 9.80 Å². The summed E-state index contributed by atoms with van der Waals surface area (Å²) >= 11 is 0. The molecule has 2 N–H and O–H groups in total. The van der Waals surface area contributed by atoms with E-state index in [1.807, 2.05) is 0 Å². The molecule has 2 heterocycles. The monoisotopic (exact) mass is 225 g/mol. The third-order valence-corrected chi connectivity index (χ3v) is 4.17. The van der Waals surface area contributed by atoms with Gasteiger partial charge in [-0.1, -0.05) is 0 Å². The number of nitrogens with two attached hydrogens (primary N) is 1. The summed E-state index contributed by atoms with van der Waals surface area (Å²) in [5.74, 6) is 0. The molecule has 2 aliphatic rings. The van der Waals surface area contributed by atoms with E-state index in [0.29, 0.717) is 12.1 Å². The van der Waals surface area contributed by atoms with Gasteiger partial charge in [0.25, 0.3) is 0 Å². The lowest BCUT2D eigenvalue weighted by atomic mass is 9.99. The standard InChI is InChI=1S/C13H27N3/c1-12-11-13(14)5-10-16(12)9-4-8-15-6-2-3-7-15/h12-13H,2-11,14H2,1H3. The van der Waals surface area contributed by atoms with E-state index in [4.69, 9.17) is 5.73 Å². The van der Waals surface area contributed by atoms with Crippen LogP contribution < -0.4 is 5.73 Å². The lowest BCUT2D eigenvalue weighted by molar-refractivity contribution is 0.140. The maximum atomic E-state index is 5.98. The summed E-state index contributed by atoms with van der Waals surface area (Å²) in [5, 5.41) is 0. The molecule has 2 fully saturated rings. The molecular weight excluding hydrogens is 198 g/mol. The van der Waals surface area contributed by atoms with Crippen molar-refractivity contribution in [3.63, 3.8) is 0 Å². The molecule has 16 heavy (non-hydrogen) atoms. The molecule has 3 heteroatoms. The van der Waals surface area contributed by atoms with E-state index in [2.05, 4.69) is 16.7 Å². The van der Waals surface area contributed by atoms with Crippen molar-refractivity contribution in [2.24, 2.45) is 5.73 Å². The smallest absolute Gasteiger partial charge is 0.00816 e. The van der Waals surface area contributed by atoms with E-state index >= 15 is 0 Å². The molecule has 2 unspecified atom stereocenters. The van der Waals surface area contributed by atoms with Gasteiger partial charge in [-0.15, -0.1) is 0 Å². The summed E-state index contributed by atoms with van der Waals surface area (Å²) in [6.45, 7) is 8.78. The van der Waals surface area contributed by atoms with Gasteiger partial charge < -0.3 is 15.5 Å². The van der Waals surface area contributed by atoms with Crippen LogP contribution in [0.2, 0.25) is 0 Å². The van der Waals surface area contributed by atoms with Crippen molar-refractivity contribution in [2.45, 2.75) is 51.1 Å². The van der Waals surface area contributed by atoms with Crippen LogP contribution in [0.5, 0.6) is 0 Å². The Balaban J connectivity index is 1.61.